The Bertz CT molecular complexity index is 402. The second-order valence-electron chi connectivity index (χ2n) is 5.12. The first-order valence-corrected chi connectivity index (χ1v) is 6.63. The highest BCUT2D eigenvalue weighted by molar-refractivity contribution is 5.81. The van der Waals surface area contributed by atoms with Crippen LogP contribution in [0.4, 0.5) is 0 Å². The Morgan fingerprint density at radius 2 is 1.78 bits per heavy atom. The number of carboxylic acids is 1. The van der Waals surface area contributed by atoms with Gasteiger partial charge in [0.2, 0.25) is 0 Å². The minimum atomic E-state index is -0.692. The van der Waals surface area contributed by atoms with Crippen LogP contribution in [0.15, 0.2) is 24.3 Å². The van der Waals surface area contributed by atoms with Gasteiger partial charge in [-0.25, -0.2) is 0 Å². The Kier molecular flexibility index (Phi) is 4.02. The predicted octanol–water partition coefficient (Wildman–Crippen LogP) is 2.51. The van der Waals surface area contributed by atoms with E-state index in [0.717, 1.165) is 49.7 Å². The maximum Gasteiger partial charge on any atom is 0.314 e. The van der Waals surface area contributed by atoms with Gasteiger partial charge in [0.05, 0.1) is 5.41 Å². The van der Waals surface area contributed by atoms with Crippen LogP contribution in [0.3, 0.4) is 0 Å². The molecule has 1 aromatic carbocycles. The summed E-state index contributed by atoms with van der Waals surface area (Å²) in [5.74, 6) is -0.692. The Morgan fingerprint density at radius 3 is 2.28 bits per heavy atom. The number of aliphatic hydroxyl groups is 1. The molecule has 3 heteroatoms. The summed E-state index contributed by atoms with van der Waals surface area (Å²) in [4.78, 5) is 11.5. The Labute approximate surface area is 107 Å². The molecule has 0 atom stereocenters. The third-order valence-corrected chi connectivity index (χ3v) is 4.00. The molecule has 98 valence electrons. The van der Waals surface area contributed by atoms with Gasteiger partial charge in [0.25, 0.3) is 0 Å². The van der Waals surface area contributed by atoms with Gasteiger partial charge in [0.15, 0.2) is 0 Å². The van der Waals surface area contributed by atoms with Crippen LogP contribution in [0.1, 0.15) is 43.2 Å². The molecule has 0 aromatic heterocycles. The molecule has 1 saturated carbocycles. The van der Waals surface area contributed by atoms with E-state index in [1.807, 2.05) is 24.3 Å². The monoisotopic (exact) mass is 248 g/mol. The van der Waals surface area contributed by atoms with Crippen LogP contribution in [-0.4, -0.2) is 22.8 Å². The van der Waals surface area contributed by atoms with Crippen LogP contribution in [0, 0.1) is 0 Å². The summed E-state index contributed by atoms with van der Waals surface area (Å²) in [5, 5.41) is 18.3. The minimum absolute atomic E-state index is 0.195. The molecule has 1 aromatic rings. The lowest BCUT2D eigenvalue weighted by molar-refractivity contribution is -0.143. The molecule has 2 N–H and O–H groups in total. The standard InChI is InChI=1S/C15H20O3/c16-11-3-4-12-5-7-13(8-6-12)15(14(17)18)9-1-2-10-15/h5-8,16H,1-4,9-11H2,(H,17,18). The normalized spacial score (nSPS) is 17.8. The van der Waals surface area contributed by atoms with Gasteiger partial charge in [-0.2, -0.15) is 0 Å². The van der Waals surface area contributed by atoms with E-state index in [1.165, 1.54) is 0 Å². The van der Waals surface area contributed by atoms with Crippen LogP contribution in [-0.2, 0) is 16.6 Å². The van der Waals surface area contributed by atoms with E-state index in [9.17, 15) is 9.90 Å². The van der Waals surface area contributed by atoms with Gasteiger partial charge in [-0.15, -0.1) is 0 Å². The number of aliphatic hydroxyl groups excluding tert-OH is 1. The summed E-state index contributed by atoms with van der Waals surface area (Å²) in [6, 6.07) is 7.89. The largest absolute Gasteiger partial charge is 0.481 e. The molecule has 0 saturated heterocycles. The van der Waals surface area contributed by atoms with Crippen LogP contribution >= 0.6 is 0 Å². The van der Waals surface area contributed by atoms with E-state index < -0.39 is 11.4 Å². The molecule has 0 amide bonds. The second-order valence-corrected chi connectivity index (χ2v) is 5.12. The van der Waals surface area contributed by atoms with Crippen molar-refractivity contribution in [3.63, 3.8) is 0 Å². The van der Waals surface area contributed by atoms with Crippen molar-refractivity contribution in [1.29, 1.82) is 0 Å². The number of carboxylic acid groups (broad SMARTS) is 1. The van der Waals surface area contributed by atoms with E-state index in [-0.39, 0.29) is 6.61 Å². The fourth-order valence-corrected chi connectivity index (χ4v) is 2.88. The highest BCUT2D eigenvalue weighted by Gasteiger charge is 2.42. The highest BCUT2D eigenvalue weighted by Crippen LogP contribution is 2.41. The zero-order valence-corrected chi connectivity index (χ0v) is 10.6. The van der Waals surface area contributed by atoms with Crippen molar-refractivity contribution in [3.8, 4) is 0 Å². The summed E-state index contributed by atoms with van der Waals surface area (Å²) < 4.78 is 0. The van der Waals surface area contributed by atoms with Crippen molar-refractivity contribution in [2.75, 3.05) is 6.61 Å². The average Bonchev–Trinajstić information content (AvgIpc) is 2.87. The molecule has 2 rings (SSSR count). The zero-order chi connectivity index (χ0) is 13.0. The second kappa shape index (κ2) is 5.53. The van der Waals surface area contributed by atoms with Gasteiger partial charge in [-0.05, 0) is 36.8 Å². The molecule has 0 unspecified atom stereocenters. The lowest BCUT2D eigenvalue weighted by atomic mass is 9.78. The smallest absolute Gasteiger partial charge is 0.314 e. The first kappa shape index (κ1) is 13.1. The molecule has 0 aliphatic heterocycles. The van der Waals surface area contributed by atoms with Gasteiger partial charge < -0.3 is 10.2 Å². The van der Waals surface area contributed by atoms with E-state index in [2.05, 4.69) is 0 Å². The maximum atomic E-state index is 11.5. The third kappa shape index (κ3) is 2.41. The summed E-state index contributed by atoms with van der Waals surface area (Å²) in [6.45, 7) is 0.195. The van der Waals surface area contributed by atoms with Crippen molar-refractivity contribution in [3.05, 3.63) is 35.4 Å². The topological polar surface area (TPSA) is 57.5 Å². The van der Waals surface area contributed by atoms with Gasteiger partial charge >= 0.3 is 5.97 Å². The van der Waals surface area contributed by atoms with E-state index in [1.54, 1.807) is 0 Å². The number of benzene rings is 1. The van der Waals surface area contributed by atoms with Crippen molar-refractivity contribution < 1.29 is 15.0 Å². The summed E-state index contributed by atoms with van der Waals surface area (Å²) >= 11 is 0. The molecule has 18 heavy (non-hydrogen) atoms. The first-order valence-electron chi connectivity index (χ1n) is 6.63. The van der Waals surface area contributed by atoms with E-state index in [0.29, 0.717) is 0 Å². The molecular weight excluding hydrogens is 228 g/mol. The quantitative estimate of drug-likeness (QED) is 0.841. The SMILES string of the molecule is O=C(O)C1(c2ccc(CCCO)cc2)CCCC1. The minimum Gasteiger partial charge on any atom is -0.481 e. The lowest BCUT2D eigenvalue weighted by Gasteiger charge is -2.24. The number of hydrogen-bond acceptors (Lipinski definition) is 2. The van der Waals surface area contributed by atoms with Crippen LogP contribution < -0.4 is 0 Å². The van der Waals surface area contributed by atoms with Crippen LogP contribution in [0.25, 0.3) is 0 Å². The third-order valence-electron chi connectivity index (χ3n) is 4.00. The average molecular weight is 248 g/mol. The maximum absolute atomic E-state index is 11.5. The van der Waals surface area contributed by atoms with Gasteiger partial charge in [0.1, 0.15) is 0 Å². The molecule has 1 aliphatic carbocycles. The fourth-order valence-electron chi connectivity index (χ4n) is 2.88. The fraction of sp³-hybridized carbons (Fsp3) is 0.533. The molecular formula is C15H20O3. The van der Waals surface area contributed by atoms with Crippen LogP contribution in [0.2, 0.25) is 0 Å². The summed E-state index contributed by atoms with van der Waals surface area (Å²) in [6.07, 6.45) is 5.09. The van der Waals surface area contributed by atoms with E-state index in [4.69, 9.17) is 5.11 Å². The molecule has 3 nitrogen and oxygen atoms in total. The van der Waals surface area contributed by atoms with Gasteiger partial charge in [-0.1, -0.05) is 37.1 Å². The number of hydrogen-bond donors (Lipinski definition) is 2. The van der Waals surface area contributed by atoms with Crippen molar-refractivity contribution >= 4 is 5.97 Å². The Balaban J connectivity index is 2.19. The van der Waals surface area contributed by atoms with E-state index >= 15 is 0 Å². The van der Waals surface area contributed by atoms with Gasteiger partial charge in [0, 0.05) is 6.61 Å². The van der Waals surface area contributed by atoms with Crippen molar-refractivity contribution in [1.82, 2.24) is 0 Å². The number of aryl methyl sites for hydroxylation is 1. The number of rotatable bonds is 5. The molecule has 0 radical (unpaired) electrons. The number of aliphatic carboxylic acids is 1. The van der Waals surface area contributed by atoms with Gasteiger partial charge in [-0.3, -0.25) is 4.79 Å². The Hall–Kier alpha value is -1.35. The molecule has 0 spiro atoms. The zero-order valence-electron chi connectivity index (χ0n) is 10.6. The summed E-state index contributed by atoms with van der Waals surface area (Å²) in [7, 11) is 0. The predicted molar refractivity (Wildman–Crippen MR) is 69.6 cm³/mol. The molecule has 1 aliphatic rings. The Morgan fingerprint density at radius 1 is 1.17 bits per heavy atom. The number of carbonyl (C=O) groups is 1. The van der Waals surface area contributed by atoms with Crippen LogP contribution in [0.5, 0.6) is 0 Å². The van der Waals surface area contributed by atoms with Crippen molar-refractivity contribution in [2.24, 2.45) is 0 Å². The summed E-state index contributed by atoms with van der Waals surface area (Å²) in [5.41, 5.74) is 1.43. The molecule has 1 fully saturated rings. The van der Waals surface area contributed by atoms with Crippen molar-refractivity contribution in [2.45, 2.75) is 43.9 Å². The lowest BCUT2D eigenvalue weighted by Crippen LogP contribution is -2.32. The molecule has 0 heterocycles. The molecule has 0 bridgehead atoms. The first-order chi connectivity index (χ1) is 8.69. The highest BCUT2D eigenvalue weighted by atomic mass is 16.4.